The van der Waals surface area contributed by atoms with Gasteiger partial charge in [0.1, 0.15) is 23.9 Å². The summed E-state index contributed by atoms with van der Waals surface area (Å²) in [6.45, 7) is -0.0486. The van der Waals surface area contributed by atoms with Gasteiger partial charge in [0, 0.05) is 10.7 Å². The van der Waals surface area contributed by atoms with E-state index in [1.165, 1.54) is 19.1 Å². The van der Waals surface area contributed by atoms with E-state index < -0.39 is 11.9 Å². The number of carbonyl (C=O) groups excluding carboxylic acids is 2. The van der Waals surface area contributed by atoms with Crippen LogP contribution in [-0.2, 0) is 23.8 Å². The Labute approximate surface area is 177 Å². The Bertz CT molecular complexity index is 975. The first-order valence-electron chi connectivity index (χ1n) is 8.42. The number of anilines is 1. The molecule has 0 fully saturated rings. The first-order chi connectivity index (χ1) is 13.9. The van der Waals surface area contributed by atoms with Crippen molar-refractivity contribution in [1.29, 1.82) is 0 Å². The van der Waals surface area contributed by atoms with Crippen LogP contribution in [-0.4, -0.2) is 39.5 Å². The predicted octanol–water partition coefficient (Wildman–Crippen LogP) is 4.18. The van der Waals surface area contributed by atoms with Crippen molar-refractivity contribution in [1.82, 2.24) is 0 Å². The Morgan fingerprint density at radius 2 is 1.79 bits per heavy atom. The van der Waals surface area contributed by atoms with Crippen molar-refractivity contribution < 1.29 is 28.5 Å². The third-order valence-corrected chi connectivity index (χ3v) is 4.61. The molecule has 0 aliphatic carbocycles. The molecule has 0 unspecified atom stereocenters. The number of hydrogen-bond acceptors (Lipinski definition) is 7. The molecule has 7 nitrogen and oxygen atoms in total. The molecule has 0 amide bonds. The van der Waals surface area contributed by atoms with E-state index in [0.717, 1.165) is 0 Å². The highest BCUT2D eigenvalue weighted by Gasteiger charge is 2.32. The van der Waals surface area contributed by atoms with E-state index in [1.807, 2.05) is 0 Å². The summed E-state index contributed by atoms with van der Waals surface area (Å²) in [6.07, 6.45) is 0. The van der Waals surface area contributed by atoms with Gasteiger partial charge in [0.15, 0.2) is 0 Å². The van der Waals surface area contributed by atoms with Crippen LogP contribution < -0.4 is 9.64 Å². The van der Waals surface area contributed by atoms with Crippen molar-refractivity contribution in [2.45, 2.75) is 0 Å². The SMILES string of the molecule is COC(=O)C1=C(C(=O)OC)N(c2ccc(Oc3cccc(Cl)c3)c(Cl)c2)COC1. The normalized spacial score (nSPS) is 13.9. The second kappa shape index (κ2) is 9.17. The number of nitrogens with zero attached hydrogens (tertiary/aromatic N) is 1. The molecule has 2 aromatic carbocycles. The van der Waals surface area contributed by atoms with Gasteiger partial charge >= 0.3 is 11.9 Å². The van der Waals surface area contributed by atoms with Gasteiger partial charge in [0.25, 0.3) is 0 Å². The summed E-state index contributed by atoms with van der Waals surface area (Å²) in [5, 5.41) is 0.820. The van der Waals surface area contributed by atoms with Crippen molar-refractivity contribution in [2.75, 3.05) is 32.5 Å². The number of esters is 2. The molecule has 0 atom stereocenters. The standard InChI is InChI=1S/C20H17Cl2NO6/c1-26-19(24)15-10-28-11-23(18(15)20(25)27-2)13-6-7-17(16(22)9-13)29-14-5-3-4-12(21)8-14/h3-9H,10-11H2,1-2H3. The Morgan fingerprint density at radius 1 is 1.03 bits per heavy atom. The number of ether oxygens (including phenoxy) is 4. The summed E-state index contributed by atoms with van der Waals surface area (Å²) in [6, 6.07) is 11.8. The van der Waals surface area contributed by atoms with Crippen molar-refractivity contribution in [3.8, 4) is 11.5 Å². The van der Waals surface area contributed by atoms with E-state index in [0.29, 0.717) is 22.2 Å². The molecule has 0 aromatic heterocycles. The second-order valence-electron chi connectivity index (χ2n) is 5.89. The molecule has 152 valence electrons. The Hall–Kier alpha value is -2.74. The second-order valence-corrected chi connectivity index (χ2v) is 6.73. The van der Waals surface area contributed by atoms with Crippen LogP contribution in [0.15, 0.2) is 53.7 Å². The van der Waals surface area contributed by atoms with Gasteiger partial charge in [0.05, 0.1) is 31.4 Å². The minimum absolute atomic E-state index is 0.0236. The zero-order chi connectivity index (χ0) is 21.0. The highest BCUT2D eigenvalue weighted by molar-refractivity contribution is 6.32. The zero-order valence-corrected chi connectivity index (χ0v) is 17.1. The molecule has 29 heavy (non-hydrogen) atoms. The van der Waals surface area contributed by atoms with E-state index in [9.17, 15) is 9.59 Å². The fourth-order valence-corrected chi connectivity index (χ4v) is 3.14. The van der Waals surface area contributed by atoms with Crippen molar-refractivity contribution in [3.63, 3.8) is 0 Å². The van der Waals surface area contributed by atoms with Gasteiger partial charge in [0.2, 0.25) is 0 Å². The number of halogens is 2. The molecule has 0 saturated carbocycles. The molecule has 9 heteroatoms. The highest BCUT2D eigenvalue weighted by atomic mass is 35.5. The lowest BCUT2D eigenvalue weighted by molar-refractivity contribution is -0.140. The van der Waals surface area contributed by atoms with Gasteiger partial charge < -0.3 is 23.8 Å². The summed E-state index contributed by atoms with van der Waals surface area (Å²) in [7, 11) is 2.45. The lowest BCUT2D eigenvalue weighted by Crippen LogP contribution is -2.38. The summed E-state index contributed by atoms with van der Waals surface area (Å²) < 4.78 is 20.8. The lowest BCUT2D eigenvalue weighted by atomic mass is 10.1. The molecule has 3 rings (SSSR count). The largest absolute Gasteiger partial charge is 0.466 e. The van der Waals surface area contributed by atoms with Gasteiger partial charge in [-0.1, -0.05) is 29.3 Å². The molecule has 2 aromatic rings. The summed E-state index contributed by atoms with van der Waals surface area (Å²) in [5.74, 6) is -0.449. The van der Waals surface area contributed by atoms with Crippen LogP contribution in [0.25, 0.3) is 0 Å². The van der Waals surface area contributed by atoms with Crippen LogP contribution in [0, 0.1) is 0 Å². The number of benzene rings is 2. The minimum Gasteiger partial charge on any atom is -0.466 e. The quantitative estimate of drug-likeness (QED) is 0.649. The molecule has 0 N–H and O–H groups in total. The van der Waals surface area contributed by atoms with Crippen LogP contribution in [0.4, 0.5) is 5.69 Å². The average Bonchev–Trinajstić information content (AvgIpc) is 2.73. The third kappa shape index (κ3) is 4.64. The predicted molar refractivity (Wildman–Crippen MR) is 107 cm³/mol. The number of rotatable bonds is 5. The van der Waals surface area contributed by atoms with Crippen molar-refractivity contribution in [3.05, 3.63) is 63.8 Å². The van der Waals surface area contributed by atoms with Gasteiger partial charge in [-0.25, -0.2) is 9.59 Å². The molecule has 0 bridgehead atoms. The maximum absolute atomic E-state index is 12.4. The maximum Gasteiger partial charge on any atom is 0.355 e. The van der Waals surface area contributed by atoms with Crippen LogP contribution in [0.2, 0.25) is 10.0 Å². The molecule has 0 radical (unpaired) electrons. The van der Waals surface area contributed by atoms with Crippen molar-refractivity contribution >= 4 is 40.8 Å². The van der Waals surface area contributed by atoms with E-state index in [1.54, 1.807) is 42.5 Å². The highest BCUT2D eigenvalue weighted by Crippen LogP contribution is 2.35. The van der Waals surface area contributed by atoms with Gasteiger partial charge in [-0.3, -0.25) is 0 Å². The van der Waals surface area contributed by atoms with E-state index >= 15 is 0 Å². The number of methoxy groups -OCH3 is 2. The Kier molecular flexibility index (Phi) is 6.64. The monoisotopic (exact) mass is 437 g/mol. The molecule has 1 aliphatic heterocycles. The molecular formula is C20H17Cl2NO6. The summed E-state index contributed by atoms with van der Waals surface area (Å²) >= 11 is 12.3. The first-order valence-corrected chi connectivity index (χ1v) is 9.18. The van der Waals surface area contributed by atoms with Crippen LogP contribution in [0.5, 0.6) is 11.5 Å². The molecule has 1 aliphatic rings. The fourth-order valence-electron chi connectivity index (χ4n) is 2.75. The van der Waals surface area contributed by atoms with E-state index in [2.05, 4.69) is 0 Å². The van der Waals surface area contributed by atoms with E-state index in [-0.39, 0.29) is 29.6 Å². The zero-order valence-electron chi connectivity index (χ0n) is 15.6. The maximum atomic E-state index is 12.4. The molecule has 1 heterocycles. The third-order valence-electron chi connectivity index (χ3n) is 4.08. The fraction of sp³-hybridized carbons (Fsp3) is 0.200. The number of hydrogen-bond donors (Lipinski definition) is 0. The Morgan fingerprint density at radius 3 is 2.45 bits per heavy atom. The van der Waals surface area contributed by atoms with Gasteiger partial charge in [-0.15, -0.1) is 0 Å². The molecular weight excluding hydrogens is 421 g/mol. The van der Waals surface area contributed by atoms with Crippen LogP contribution >= 0.6 is 23.2 Å². The summed E-state index contributed by atoms with van der Waals surface area (Å²) in [5.41, 5.74) is 0.598. The van der Waals surface area contributed by atoms with E-state index in [4.69, 9.17) is 42.1 Å². The van der Waals surface area contributed by atoms with Gasteiger partial charge in [-0.05, 0) is 36.4 Å². The summed E-state index contributed by atoms with van der Waals surface area (Å²) in [4.78, 5) is 25.9. The lowest BCUT2D eigenvalue weighted by Gasteiger charge is -2.31. The topological polar surface area (TPSA) is 74.3 Å². The minimum atomic E-state index is -0.691. The first kappa shape index (κ1) is 21.0. The number of carbonyl (C=O) groups is 2. The molecule has 0 spiro atoms. The van der Waals surface area contributed by atoms with Crippen LogP contribution in [0.1, 0.15) is 0 Å². The van der Waals surface area contributed by atoms with Gasteiger partial charge in [-0.2, -0.15) is 0 Å². The average molecular weight is 438 g/mol. The molecule has 0 saturated heterocycles. The Balaban J connectivity index is 1.95. The van der Waals surface area contributed by atoms with Crippen LogP contribution in [0.3, 0.4) is 0 Å². The smallest absolute Gasteiger partial charge is 0.355 e. The van der Waals surface area contributed by atoms with Crippen molar-refractivity contribution in [2.24, 2.45) is 0 Å².